The average Bonchev–Trinajstić information content (AvgIpc) is 2.15. The lowest BCUT2D eigenvalue weighted by atomic mass is 10.2. The first-order valence-electron chi connectivity index (χ1n) is 5.18. The van der Waals surface area contributed by atoms with Crippen molar-refractivity contribution in [2.24, 2.45) is 0 Å². The number of rotatable bonds is 1. The van der Waals surface area contributed by atoms with E-state index in [0.29, 0.717) is 13.2 Å². The number of ether oxygens (including phenoxy) is 2. The van der Waals surface area contributed by atoms with Crippen LogP contribution >= 0.6 is 0 Å². The van der Waals surface area contributed by atoms with Gasteiger partial charge in [-0.2, -0.15) is 0 Å². The second-order valence-electron chi connectivity index (χ2n) is 4.62. The quantitative estimate of drug-likeness (QED) is 0.704. The Morgan fingerprint density at radius 1 is 1.53 bits per heavy atom. The minimum atomic E-state index is -0.465. The summed E-state index contributed by atoms with van der Waals surface area (Å²) in [5.74, 6) is 0. The highest BCUT2D eigenvalue weighted by molar-refractivity contribution is 5.68. The van der Waals surface area contributed by atoms with Gasteiger partial charge in [0.1, 0.15) is 11.8 Å². The molecule has 0 aromatic heterocycles. The Labute approximate surface area is 90.7 Å². The molecule has 0 bridgehead atoms. The van der Waals surface area contributed by atoms with E-state index in [1.807, 2.05) is 20.8 Å². The van der Waals surface area contributed by atoms with Crippen molar-refractivity contribution in [3.8, 4) is 0 Å². The molecule has 1 aliphatic rings. The molecule has 0 aromatic rings. The van der Waals surface area contributed by atoms with Gasteiger partial charge in [0.05, 0.1) is 6.61 Å². The van der Waals surface area contributed by atoms with Crippen molar-refractivity contribution in [3.63, 3.8) is 0 Å². The molecule has 1 aliphatic heterocycles. The van der Waals surface area contributed by atoms with E-state index < -0.39 is 5.60 Å². The summed E-state index contributed by atoms with van der Waals surface area (Å²) >= 11 is 0. The fourth-order valence-electron chi connectivity index (χ4n) is 1.25. The molecular weight excluding hydrogens is 196 g/mol. The molecule has 1 amide bonds. The third-order valence-corrected chi connectivity index (χ3v) is 2.02. The molecule has 15 heavy (non-hydrogen) atoms. The van der Waals surface area contributed by atoms with Gasteiger partial charge in [0.15, 0.2) is 0 Å². The topological polar surface area (TPSA) is 50.8 Å². The van der Waals surface area contributed by atoms with E-state index in [0.717, 1.165) is 6.54 Å². The summed E-state index contributed by atoms with van der Waals surface area (Å²) in [7, 11) is 1.69. The zero-order chi connectivity index (χ0) is 11.5. The van der Waals surface area contributed by atoms with Crippen LogP contribution in [-0.4, -0.2) is 49.6 Å². The summed E-state index contributed by atoms with van der Waals surface area (Å²) in [6.45, 7) is 7.64. The molecule has 1 heterocycles. The van der Waals surface area contributed by atoms with Gasteiger partial charge in [0.2, 0.25) is 0 Å². The summed E-state index contributed by atoms with van der Waals surface area (Å²) in [6, 6.07) is 0. The minimum Gasteiger partial charge on any atom is -0.444 e. The minimum absolute atomic E-state index is 0.228. The smallest absolute Gasteiger partial charge is 0.412 e. The molecule has 5 heteroatoms. The molecule has 0 aromatic carbocycles. The molecule has 1 fully saturated rings. The number of hydrogen-bond acceptors (Lipinski definition) is 4. The normalized spacial score (nSPS) is 22.3. The van der Waals surface area contributed by atoms with Gasteiger partial charge in [0, 0.05) is 20.1 Å². The van der Waals surface area contributed by atoms with Gasteiger partial charge >= 0.3 is 6.09 Å². The second kappa shape index (κ2) is 4.81. The van der Waals surface area contributed by atoms with Crippen LogP contribution in [0.15, 0.2) is 0 Å². The number of nitrogens with one attached hydrogen (secondary N) is 1. The number of carbonyl (C=O) groups excluding carboxylic acids is 1. The summed E-state index contributed by atoms with van der Waals surface area (Å²) in [4.78, 5) is 13.1. The number of morpholine rings is 1. The van der Waals surface area contributed by atoms with E-state index in [4.69, 9.17) is 9.47 Å². The van der Waals surface area contributed by atoms with Gasteiger partial charge in [-0.3, -0.25) is 4.90 Å². The van der Waals surface area contributed by atoms with E-state index >= 15 is 0 Å². The van der Waals surface area contributed by atoms with Gasteiger partial charge < -0.3 is 14.8 Å². The number of carbonyl (C=O) groups is 1. The average molecular weight is 216 g/mol. The van der Waals surface area contributed by atoms with Crippen molar-refractivity contribution in [1.82, 2.24) is 10.2 Å². The van der Waals surface area contributed by atoms with Gasteiger partial charge in [-0.25, -0.2) is 4.79 Å². The first-order chi connectivity index (χ1) is 6.90. The molecule has 5 nitrogen and oxygen atoms in total. The van der Waals surface area contributed by atoms with Gasteiger partial charge in [-0.1, -0.05) is 0 Å². The largest absolute Gasteiger partial charge is 0.444 e. The Balaban J connectivity index is 2.44. The van der Waals surface area contributed by atoms with Crippen molar-refractivity contribution in [2.45, 2.75) is 32.6 Å². The molecule has 0 spiro atoms. The maximum absolute atomic E-state index is 11.7. The third kappa shape index (κ3) is 4.05. The van der Waals surface area contributed by atoms with Crippen LogP contribution in [0, 0.1) is 0 Å². The van der Waals surface area contributed by atoms with Crippen LogP contribution < -0.4 is 5.32 Å². The second-order valence-corrected chi connectivity index (χ2v) is 4.62. The molecule has 88 valence electrons. The monoisotopic (exact) mass is 216 g/mol. The summed E-state index contributed by atoms with van der Waals surface area (Å²) in [5, 5.41) is 3.16. The number of hydrogen-bond donors (Lipinski definition) is 1. The zero-order valence-corrected chi connectivity index (χ0v) is 9.87. The Kier molecular flexibility index (Phi) is 3.93. The molecule has 0 unspecified atom stereocenters. The predicted octanol–water partition coefficient (Wildman–Crippen LogP) is 0.799. The van der Waals surface area contributed by atoms with Crippen molar-refractivity contribution in [2.75, 3.05) is 26.7 Å². The van der Waals surface area contributed by atoms with E-state index in [1.165, 1.54) is 4.90 Å². The molecule has 0 radical (unpaired) electrons. The fourth-order valence-corrected chi connectivity index (χ4v) is 1.25. The first-order valence-corrected chi connectivity index (χ1v) is 5.18. The van der Waals surface area contributed by atoms with Crippen LogP contribution in [-0.2, 0) is 9.47 Å². The highest BCUT2D eigenvalue weighted by Crippen LogP contribution is 2.11. The molecule has 1 atom stereocenters. The summed E-state index contributed by atoms with van der Waals surface area (Å²) in [6.07, 6.45) is -0.579. The molecule has 1 N–H and O–H groups in total. The van der Waals surface area contributed by atoms with Gasteiger partial charge in [-0.15, -0.1) is 0 Å². The van der Waals surface area contributed by atoms with E-state index in [-0.39, 0.29) is 12.3 Å². The first kappa shape index (κ1) is 12.3. The number of amides is 1. The van der Waals surface area contributed by atoms with Crippen molar-refractivity contribution in [3.05, 3.63) is 0 Å². The third-order valence-electron chi connectivity index (χ3n) is 2.02. The van der Waals surface area contributed by atoms with Crippen LogP contribution in [0.4, 0.5) is 4.79 Å². The maximum Gasteiger partial charge on any atom is 0.412 e. The van der Waals surface area contributed by atoms with Crippen molar-refractivity contribution in [1.29, 1.82) is 0 Å². The Hall–Kier alpha value is -0.810. The SMILES string of the molecule is CN(C(=O)OC(C)(C)C)[C@@H]1CNCCO1. The van der Waals surface area contributed by atoms with E-state index in [2.05, 4.69) is 5.32 Å². The van der Waals surface area contributed by atoms with Crippen LogP contribution in [0.2, 0.25) is 0 Å². The van der Waals surface area contributed by atoms with Gasteiger partial charge in [-0.05, 0) is 20.8 Å². The predicted molar refractivity (Wildman–Crippen MR) is 56.6 cm³/mol. The molecule has 0 saturated carbocycles. The number of likely N-dealkylation sites (N-methyl/N-ethyl adjacent to an activating group) is 1. The lowest BCUT2D eigenvalue weighted by Gasteiger charge is -2.33. The molecule has 0 aliphatic carbocycles. The Bertz CT molecular complexity index is 219. The van der Waals surface area contributed by atoms with E-state index in [9.17, 15) is 4.79 Å². The van der Waals surface area contributed by atoms with Gasteiger partial charge in [0.25, 0.3) is 0 Å². The lowest BCUT2D eigenvalue weighted by Crippen LogP contribution is -2.50. The van der Waals surface area contributed by atoms with Crippen molar-refractivity contribution < 1.29 is 14.3 Å². The van der Waals surface area contributed by atoms with Crippen LogP contribution in [0.25, 0.3) is 0 Å². The lowest BCUT2D eigenvalue weighted by molar-refractivity contribution is -0.0699. The fraction of sp³-hybridized carbons (Fsp3) is 0.900. The standard InChI is InChI=1S/C10H20N2O3/c1-10(2,3)15-9(13)12(4)8-7-11-5-6-14-8/h8,11H,5-7H2,1-4H3/t8-/m0/s1. The molecule has 1 saturated heterocycles. The van der Waals surface area contributed by atoms with E-state index in [1.54, 1.807) is 7.05 Å². The Morgan fingerprint density at radius 2 is 2.20 bits per heavy atom. The van der Waals surface area contributed by atoms with Crippen LogP contribution in [0.5, 0.6) is 0 Å². The van der Waals surface area contributed by atoms with Crippen LogP contribution in [0.3, 0.4) is 0 Å². The Morgan fingerprint density at radius 3 is 2.67 bits per heavy atom. The highest BCUT2D eigenvalue weighted by atomic mass is 16.6. The van der Waals surface area contributed by atoms with Crippen molar-refractivity contribution >= 4 is 6.09 Å². The summed E-state index contributed by atoms with van der Waals surface area (Å²) < 4.78 is 10.7. The molecular formula is C10H20N2O3. The number of nitrogens with zero attached hydrogens (tertiary/aromatic N) is 1. The summed E-state index contributed by atoms with van der Waals surface area (Å²) in [5.41, 5.74) is -0.465. The molecule has 1 rings (SSSR count). The maximum atomic E-state index is 11.7. The van der Waals surface area contributed by atoms with Crippen LogP contribution in [0.1, 0.15) is 20.8 Å². The zero-order valence-electron chi connectivity index (χ0n) is 9.87. The highest BCUT2D eigenvalue weighted by Gasteiger charge is 2.26.